The molecular formula is C9H9ClN6. The number of benzene rings is 1. The van der Waals surface area contributed by atoms with Crippen molar-refractivity contribution in [3.05, 3.63) is 29.3 Å². The molecule has 0 aliphatic carbocycles. The summed E-state index contributed by atoms with van der Waals surface area (Å²) in [4.78, 5) is 11.4. The molecule has 0 aliphatic rings. The molecule has 7 heteroatoms. The molecule has 0 radical (unpaired) electrons. The van der Waals surface area contributed by atoms with E-state index >= 15 is 0 Å². The highest BCUT2D eigenvalue weighted by Crippen LogP contribution is 2.23. The minimum Gasteiger partial charge on any atom is -0.368 e. The van der Waals surface area contributed by atoms with Crippen LogP contribution >= 0.6 is 11.6 Å². The van der Waals surface area contributed by atoms with Crippen molar-refractivity contribution in [2.75, 3.05) is 16.8 Å². The van der Waals surface area contributed by atoms with Gasteiger partial charge in [0, 0.05) is 0 Å². The Morgan fingerprint density at radius 2 is 1.62 bits per heavy atom. The average molecular weight is 237 g/mol. The van der Waals surface area contributed by atoms with Crippen LogP contribution in [0.2, 0.25) is 5.02 Å². The summed E-state index contributed by atoms with van der Waals surface area (Å²) in [6.07, 6.45) is 0. The molecule has 0 bridgehead atoms. The van der Waals surface area contributed by atoms with Crippen molar-refractivity contribution in [2.24, 2.45) is 0 Å². The third-order valence-electron chi connectivity index (χ3n) is 1.79. The predicted octanol–water partition coefficient (Wildman–Crippen LogP) is 1.43. The second-order valence-electron chi connectivity index (χ2n) is 2.98. The molecular weight excluding hydrogens is 228 g/mol. The van der Waals surface area contributed by atoms with E-state index in [0.717, 1.165) is 0 Å². The molecule has 0 spiro atoms. The molecule has 0 saturated heterocycles. The Morgan fingerprint density at radius 3 is 2.25 bits per heavy atom. The van der Waals surface area contributed by atoms with E-state index in [4.69, 9.17) is 23.1 Å². The number of nitrogen functional groups attached to an aromatic ring is 2. The molecule has 0 aliphatic heterocycles. The second kappa shape index (κ2) is 4.19. The van der Waals surface area contributed by atoms with E-state index in [2.05, 4.69) is 20.3 Å². The molecule has 1 aromatic carbocycles. The van der Waals surface area contributed by atoms with E-state index in [1.54, 1.807) is 12.1 Å². The predicted molar refractivity (Wildman–Crippen MR) is 63.4 cm³/mol. The lowest BCUT2D eigenvalue weighted by atomic mass is 10.3. The number of aromatic nitrogens is 3. The summed E-state index contributed by atoms with van der Waals surface area (Å²) in [5, 5.41) is 3.46. The Kier molecular flexibility index (Phi) is 2.74. The Morgan fingerprint density at radius 1 is 1.00 bits per heavy atom. The van der Waals surface area contributed by atoms with Gasteiger partial charge in [-0.1, -0.05) is 23.7 Å². The van der Waals surface area contributed by atoms with Crippen molar-refractivity contribution in [3.63, 3.8) is 0 Å². The zero-order valence-electron chi connectivity index (χ0n) is 8.18. The van der Waals surface area contributed by atoms with Crippen LogP contribution in [-0.4, -0.2) is 15.0 Å². The van der Waals surface area contributed by atoms with Crippen LogP contribution in [0.15, 0.2) is 24.3 Å². The van der Waals surface area contributed by atoms with E-state index in [9.17, 15) is 0 Å². The van der Waals surface area contributed by atoms with E-state index in [0.29, 0.717) is 10.7 Å². The molecule has 6 nitrogen and oxygen atoms in total. The smallest absolute Gasteiger partial charge is 0.233 e. The number of hydrogen-bond donors (Lipinski definition) is 3. The van der Waals surface area contributed by atoms with Gasteiger partial charge in [-0.25, -0.2) is 0 Å². The van der Waals surface area contributed by atoms with Gasteiger partial charge < -0.3 is 16.8 Å². The molecule has 0 saturated carbocycles. The lowest BCUT2D eigenvalue weighted by molar-refractivity contribution is 1.08. The number of halogens is 1. The van der Waals surface area contributed by atoms with Crippen molar-refractivity contribution < 1.29 is 0 Å². The van der Waals surface area contributed by atoms with Gasteiger partial charge in [0.25, 0.3) is 0 Å². The van der Waals surface area contributed by atoms with Gasteiger partial charge >= 0.3 is 0 Å². The summed E-state index contributed by atoms with van der Waals surface area (Å²) in [5.74, 6) is 0.377. The van der Waals surface area contributed by atoms with Crippen molar-refractivity contribution in [1.29, 1.82) is 0 Å². The highest BCUT2D eigenvalue weighted by atomic mass is 35.5. The summed E-state index contributed by atoms with van der Waals surface area (Å²) in [7, 11) is 0. The van der Waals surface area contributed by atoms with Gasteiger partial charge in [-0.05, 0) is 12.1 Å². The van der Waals surface area contributed by atoms with Crippen LogP contribution in [0.4, 0.5) is 23.5 Å². The maximum absolute atomic E-state index is 5.96. The first-order chi connectivity index (χ1) is 7.65. The molecule has 0 amide bonds. The van der Waals surface area contributed by atoms with Gasteiger partial charge in [-0.3, -0.25) is 0 Å². The maximum atomic E-state index is 5.96. The lowest BCUT2D eigenvalue weighted by Crippen LogP contribution is -2.06. The summed E-state index contributed by atoms with van der Waals surface area (Å²) >= 11 is 5.96. The minimum absolute atomic E-state index is 0.0575. The second-order valence-corrected chi connectivity index (χ2v) is 3.39. The van der Waals surface area contributed by atoms with Crippen molar-refractivity contribution in [3.8, 4) is 0 Å². The number of nitrogens with one attached hydrogen (secondary N) is 1. The zero-order valence-corrected chi connectivity index (χ0v) is 8.94. The maximum Gasteiger partial charge on any atom is 0.233 e. The highest BCUT2D eigenvalue weighted by Gasteiger charge is 2.04. The summed E-state index contributed by atoms with van der Waals surface area (Å²) in [5.41, 5.74) is 11.5. The molecule has 2 aromatic rings. The Balaban J connectivity index is 2.30. The van der Waals surface area contributed by atoms with Crippen LogP contribution in [0.25, 0.3) is 0 Å². The molecule has 5 N–H and O–H groups in total. The Labute approximate surface area is 96.7 Å². The molecule has 2 rings (SSSR count). The van der Waals surface area contributed by atoms with Gasteiger partial charge in [-0.2, -0.15) is 15.0 Å². The standard InChI is InChI=1S/C9H9ClN6/c10-5-3-1-2-4-6(5)13-9-15-7(11)14-8(12)16-9/h1-4H,(H5,11,12,13,14,15,16). The fraction of sp³-hybridized carbons (Fsp3) is 0. The van der Waals surface area contributed by atoms with E-state index in [1.807, 2.05) is 12.1 Å². The molecule has 1 heterocycles. The minimum atomic E-state index is 0.0575. The Bertz CT molecular complexity index is 495. The summed E-state index contributed by atoms with van der Waals surface area (Å²) in [6, 6.07) is 7.20. The molecule has 0 fully saturated rings. The third kappa shape index (κ3) is 2.29. The molecule has 82 valence electrons. The van der Waals surface area contributed by atoms with E-state index in [1.165, 1.54) is 0 Å². The number of hydrogen-bond acceptors (Lipinski definition) is 6. The van der Waals surface area contributed by atoms with Gasteiger partial charge in [0.2, 0.25) is 17.8 Å². The fourth-order valence-corrected chi connectivity index (χ4v) is 1.33. The molecule has 0 unspecified atom stereocenters. The van der Waals surface area contributed by atoms with Crippen LogP contribution in [0.3, 0.4) is 0 Å². The first kappa shape index (κ1) is 10.4. The SMILES string of the molecule is Nc1nc(N)nc(Nc2ccccc2Cl)n1. The normalized spacial score (nSPS) is 10.1. The summed E-state index contributed by atoms with van der Waals surface area (Å²) in [6.45, 7) is 0. The van der Waals surface area contributed by atoms with E-state index < -0.39 is 0 Å². The number of anilines is 4. The van der Waals surface area contributed by atoms with Gasteiger partial charge in [0.1, 0.15) is 0 Å². The van der Waals surface area contributed by atoms with E-state index in [-0.39, 0.29) is 17.8 Å². The van der Waals surface area contributed by atoms with Crippen LogP contribution in [-0.2, 0) is 0 Å². The molecule has 1 aromatic heterocycles. The average Bonchev–Trinajstić information content (AvgIpc) is 2.20. The number of rotatable bonds is 2. The topological polar surface area (TPSA) is 103 Å². The first-order valence-electron chi connectivity index (χ1n) is 4.44. The first-order valence-corrected chi connectivity index (χ1v) is 4.81. The van der Waals surface area contributed by atoms with Crippen LogP contribution in [0.5, 0.6) is 0 Å². The van der Waals surface area contributed by atoms with Crippen molar-refractivity contribution >= 4 is 35.1 Å². The van der Waals surface area contributed by atoms with Gasteiger partial charge in [0.15, 0.2) is 0 Å². The van der Waals surface area contributed by atoms with Crippen LogP contribution in [0, 0.1) is 0 Å². The third-order valence-corrected chi connectivity index (χ3v) is 2.12. The molecule has 16 heavy (non-hydrogen) atoms. The largest absolute Gasteiger partial charge is 0.368 e. The van der Waals surface area contributed by atoms with Crippen molar-refractivity contribution in [1.82, 2.24) is 15.0 Å². The van der Waals surface area contributed by atoms with Gasteiger partial charge in [0.05, 0.1) is 10.7 Å². The zero-order chi connectivity index (χ0) is 11.5. The summed E-state index contributed by atoms with van der Waals surface area (Å²) < 4.78 is 0. The Hall–Kier alpha value is -2.08. The van der Waals surface area contributed by atoms with Crippen LogP contribution in [0.1, 0.15) is 0 Å². The van der Waals surface area contributed by atoms with Crippen molar-refractivity contribution in [2.45, 2.75) is 0 Å². The number of para-hydroxylation sites is 1. The van der Waals surface area contributed by atoms with Gasteiger partial charge in [-0.15, -0.1) is 0 Å². The number of nitrogens with zero attached hydrogens (tertiary/aromatic N) is 3. The van der Waals surface area contributed by atoms with Crippen LogP contribution < -0.4 is 16.8 Å². The highest BCUT2D eigenvalue weighted by molar-refractivity contribution is 6.33. The fourth-order valence-electron chi connectivity index (χ4n) is 1.15. The quantitative estimate of drug-likeness (QED) is 0.729. The monoisotopic (exact) mass is 236 g/mol. The number of nitrogens with two attached hydrogens (primary N) is 2. The molecule has 0 atom stereocenters. The lowest BCUT2D eigenvalue weighted by Gasteiger charge is -2.06.